The summed E-state index contributed by atoms with van der Waals surface area (Å²) in [4.78, 5) is 13.3. The molecule has 3 nitrogen and oxygen atoms in total. The van der Waals surface area contributed by atoms with Gasteiger partial charge in [0.1, 0.15) is 12.1 Å². The van der Waals surface area contributed by atoms with Gasteiger partial charge in [-0.3, -0.25) is 9.69 Å². The third-order valence-corrected chi connectivity index (χ3v) is 3.82. The smallest absolute Gasteiger partial charge is 0.150 e. The summed E-state index contributed by atoms with van der Waals surface area (Å²) in [6.07, 6.45) is 1.70. The summed E-state index contributed by atoms with van der Waals surface area (Å²) in [6.45, 7) is 3.20. The molecule has 1 aromatic rings. The number of aldehydes is 1. The van der Waals surface area contributed by atoms with Crippen molar-refractivity contribution in [3.05, 3.63) is 34.6 Å². The molecule has 0 amide bonds. The summed E-state index contributed by atoms with van der Waals surface area (Å²) < 4.78 is 13.7. The average Bonchev–Trinajstić information content (AvgIpc) is 2.73. The molecule has 0 bridgehead atoms. The lowest BCUT2D eigenvalue weighted by atomic mass is 9.94. The lowest BCUT2D eigenvalue weighted by Gasteiger charge is -2.21. The minimum atomic E-state index is -0.250. The normalized spacial score (nSPS) is 24.4. The van der Waals surface area contributed by atoms with Crippen LogP contribution in [-0.4, -0.2) is 31.3 Å². The van der Waals surface area contributed by atoms with Crippen LogP contribution < -0.4 is 5.73 Å². The van der Waals surface area contributed by atoms with Gasteiger partial charge in [0.15, 0.2) is 0 Å². The summed E-state index contributed by atoms with van der Waals surface area (Å²) in [6, 6.07) is 3.22. The van der Waals surface area contributed by atoms with Crippen molar-refractivity contribution in [1.29, 1.82) is 0 Å². The number of halogens is 1. The third-order valence-electron chi connectivity index (χ3n) is 3.82. The van der Waals surface area contributed by atoms with E-state index in [1.807, 2.05) is 7.05 Å². The number of carbonyl (C=O) groups excluding carboxylic acids is 1. The van der Waals surface area contributed by atoms with Gasteiger partial charge >= 0.3 is 0 Å². The number of nitrogens with two attached hydrogens (primary N) is 1. The van der Waals surface area contributed by atoms with E-state index >= 15 is 0 Å². The van der Waals surface area contributed by atoms with Gasteiger partial charge in [-0.25, -0.2) is 4.39 Å². The molecule has 98 valence electrons. The Balaban J connectivity index is 2.38. The maximum Gasteiger partial charge on any atom is 0.150 e. The third kappa shape index (κ3) is 2.31. The molecule has 2 rings (SSSR count). The van der Waals surface area contributed by atoms with Crippen molar-refractivity contribution >= 4 is 6.29 Å². The lowest BCUT2D eigenvalue weighted by molar-refractivity contribution is 0.112. The van der Waals surface area contributed by atoms with E-state index in [0.717, 1.165) is 24.8 Å². The zero-order valence-electron chi connectivity index (χ0n) is 10.8. The summed E-state index contributed by atoms with van der Waals surface area (Å²) in [5.74, 6) is 0.170. The summed E-state index contributed by atoms with van der Waals surface area (Å²) in [5.41, 5.74) is 7.57. The molecule has 1 aliphatic rings. The van der Waals surface area contributed by atoms with Crippen LogP contribution in [0.4, 0.5) is 4.39 Å². The van der Waals surface area contributed by atoms with Crippen molar-refractivity contribution in [1.82, 2.24) is 4.90 Å². The largest absolute Gasteiger partial charge is 0.330 e. The number of likely N-dealkylation sites (tertiary alicyclic amines) is 1. The molecular weight excluding hydrogens is 231 g/mol. The van der Waals surface area contributed by atoms with Crippen molar-refractivity contribution in [2.24, 2.45) is 11.7 Å². The summed E-state index contributed by atoms with van der Waals surface area (Å²) >= 11 is 0. The number of nitrogens with zero attached hydrogens (tertiary/aromatic N) is 1. The van der Waals surface area contributed by atoms with Gasteiger partial charge in [0.25, 0.3) is 0 Å². The van der Waals surface area contributed by atoms with E-state index in [9.17, 15) is 9.18 Å². The second-order valence-corrected chi connectivity index (χ2v) is 5.14. The molecule has 0 aliphatic carbocycles. The van der Waals surface area contributed by atoms with Gasteiger partial charge in [0.05, 0.1) is 0 Å². The first-order valence-electron chi connectivity index (χ1n) is 6.22. The Kier molecular flexibility index (Phi) is 3.78. The van der Waals surface area contributed by atoms with Crippen LogP contribution in [0.2, 0.25) is 0 Å². The number of hydrogen-bond acceptors (Lipinski definition) is 3. The molecule has 2 N–H and O–H groups in total. The van der Waals surface area contributed by atoms with Gasteiger partial charge in [-0.1, -0.05) is 0 Å². The van der Waals surface area contributed by atoms with E-state index in [1.165, 1.54) is 6.07 Å². The molecule has 1 heterocycles. The molecule has 0 spiro atoms. The zero-order chi connectivity index (χ0) is 13.3. The van der Waals surface area contributed by atoms with Gasteiger partial charge in [0, 0.05) is 18.2 Å². The fraction of sp³-hybridized carbons (Fsp3) is 0.500. The zero-order valence-corrected chi connectivity index (χ0v) is 10.8. The first-order valence-corrected chi connectivity index (χ1v) is 6.22. The van der Waals surface area contributed by atoms with Crippen LogP contribution in [0.5, 0.6) is 0 Å². The molecule has 1 fully saturated rings. The molecule has 0 radical (unpaired) electrons. The molecule has 18 heavy (non-hydrogen) atoms. The van der Waals surface area contributed by atoms with Crippen LogP contribution in [0.1, 0.15) is 33.9 Å². The predicted octanol–water partition coefficient (Wildman–Crippen LogP) is 1.90. The van der Waals surface area contributed by atoms with Crippen LogP contribution in [0.3, 0.4) is 0 Å². The van der Waals surface area contributed by atoms with Gasteiger partial charge < -0.3 is 5.73 Å². The van der Waals surface area contributed by atoms with Crippen molar-refractivity contribution in [3.63, 3.8) is 0 Å². The molecule has 2 atom stereocenters. The highest BCUT2D eigenvalue weighted by molar-refractivity contribution is 5.78. The minimum absolute atomic E-state index is 0.0915. The maximum atomic E-state index is 13.7. The number of benzene rings is 1. The van der Waals surface area contributed by atoms with Gasteiger partial charge in [-0.15, -0.1) is 0 Å². The van der Waals surface area contributed by atoms with Crippen LogP contribution in [0.25, 0.3) is 0 Å². The van der Waals surface area contributed by atoms with Gasteiger partial charge in [-0.05, 0) is 56.1 Å². The predicted molar refractivity (Wildman–Crippen MR) is 69.1 cm³/mol. The Morgan fingerprint density at radius 3 is 2.83 bits per heavy atom. The Morgan fingerprint density at radius 1 is 1.56 bits per heavy atom. The molecule has 1 saturated heterocycles. The number of rotatable bonds is 3. The van der Waals surface area contributed by atoms with Crippen LogP contribution in [0.15, 0.2) is 12.1 Å². The molecule has 0 saturated carbocycles. The van der Waals surface area contributed by atoms with Gasteiger partial charge in [-0.2, -0.15) is 0 Å². The fourth-order valence-corrected chi connectivity index (χ4v) is 2.75. The van der Waals surface area contributed by atoms with Crippen molar-refractivity contribution in [2.75, 3.05) is 20.1 Å². The molecule has 2 unspecified atom stereocenters. The molecule has 4 heteroatoms. The first kappa shape index (κ1) is 13.2. The highest BCUT2D eigenvalue weighted by Gasteiger charge is 2.31. The van der Waals surface area contributed by atoms with Crippen LogP contribution in [-0.2, 0) is 0 Å². The van der Waals surface area contributed by atoms with Crippen molar-refractivity contribution in [3.8, 4) is 0 Å². The molecule has 0 aromatic heterocycles. The SMILES string of the molecule is Cc1cc(C=O)c(C2CC(CN)CN2C)cc1F. The Labute approximate surface area is 107 Å². The van der Waals surface area contributed by atoms with Crippen molar-refractivity contribution < 1.29 is 9.18 Å². The highest BCUT2D eigenvalue weighted by atomic mass is 19.1. The number of carbonyl (C=O) groups is 1. The van der Waals surface area contributed by atoms with Crippen LogP contribution in [0, 0.1) is 18.7 Å². The van der Waals surface area contributed by atoms with E-state index in [4.69, 9.17) is 5.73 Å². The van der Waals surface area contributed by atoms with E-state index in [0.29, 0.717) is 23.6 Å². The summed E-state index contributed by atoms with van der Waals surface area (Å²) in [7, 11) is 1.99. The minimum Gasteiger partial charge on any atom is -0.330 e. The standard InChI is InChI=1S/C14H19FN2O/c1-9-3-11(8-18)12(5-13(9)15)14-4-10(6-16)7-17(14)2/h3,5,8,10,14H,4,6-7,16H2,1-2H3. The lowest BCUT2D eigenvalue weighted by Crippen LogP contribution is -2.21. The van der Waals surface area contributed by atoms with Crippen LogP contribution >= 0.6 is 0 Å². The topological polar surface area (TPSA) is 46.3 Å². The highest BCUT2D eigenvalue weighted by Crippen LogP contribution is 2.35. The maximum absolute atomic E-state index is 13.7. The Hall–Kier alpha value is -1.26. The van der Waals surface area contributed by atoms with Gasteiger partial charge in [0.2, 0.25) is 0 Å². The first-order chi connectivity index (χ1) is 8.56. The quantitative estimate of drug-likeness (QED) is 0.833. The monoisotopic (exact) mass is 250 g/mol. The second-order valence-electron chi connectivity index (χ2n) is 5.14. The number of hydrogen-bond donors (Lipinski definition) is 1. The van der Waals surface area contributed by atoms with E-state index in [-0.39, 0.29) is 11.9 Å². The number of aryl methyl sites for hydroxylation is 1. The second kappa shape index (κ2) is 5.16. The van der Waals surface area contributed by atoms with E-state index in [1.54, 1.807) is 13.0 Å². The van der Waals surface area contributed by atoms with E-state index < -0.39 is 0 Å². The Morgan fingerprint density at radius 2 is 2.28 bits per heavy atom. The molecular formula is C14H19FN2O. The Bertz CT molecular complexity index is 461. The fourth-order valence-electron chi connectivity index (χ4n) is 2.75. The molecule has 1 aromatic carbocycles. The summed E-state index contributed by atoms with van der Waals surface area (Å²) in [5, 5.41) is 0. The van der Waals surface area contributed by atoms with Crippen molar-refractivity contribution in [2.45, 2.75) is 19.4 Å². The van der Waals surface area contributed by atoms with E-state index in [2.05, 4.69) is 4.90 Å². The average molecular weight is 250 g/mol. The molecule has 1 aliphatic heterocycles.